The molecule has 3 heteroatoms. The highest BCUT2D eigenvalue weighted by Gasteiger charge is 2.16. The first-order valence-corrected chi connectivity index (χ1v) is 4.56. The number of aldehydes is 1. The summed E-state index contributed by atoms with van der Waals surface area (Å²) in [7, 11) is 0. The van der Waals surface area contributed by atoms with Gasteiger partial charge >= 0.3 is 0 Å². The van der Waals surface area contributed by atoms with Gasteiger partial charge in [0.25, 0.3) is 0 Å². The number of carbonyl (C=O) groups excluding carboxylic acids is 2. The topological polar surface area (TPSA) is 46.2 Å². The first-order chi connectivity index (χ1) is 5.83. The lowest BCUT2D eigenvalue weighted by molar-refractivity contribution is -0.123. The molecule has 3 nitrogen and oxygen atoms in total. The highest BCUT2D eigenvalue weighted by Crippen LogP contribution is 2.17. The van der Waals surface area contributed by atoms with Gasteiger partial charge in [-0.15, -0.1) is 0 Å². The van der Waals surface area contributed by atoms with Crippen LogP contribution in [-0.4, -0.2) is 18.2 Å². The van der Waals surface area contributed by atoms with Crippen LogP contribution in [0, 0.1) is 0 Å². The summed E-state index contributed by atoms with van der Waals surface area (Å²) in [6.07, 6.45) is 6.13. The first-order valence-electron chi connectivity index (χ1n) is 4.56. The molecule has 0 radical (unpaired) electrons. The molecule has 0 atom stereocenters. The van der Waals surface area contributed by atoms with Gasteiger partial charge in [0.2, 0.25) is 5.91 Å². The number of amides is 1. The maximum atomic E-state index is 11.1. The van der Waals surface area contributed by atoms with Crippen LogP contribution in [0.2, 0.25) is 0 Å². The Morgan fingerprint density at radius 3 is 2.67 bits per heavy atom. The minimum absolute atomic E-state index is 0.0222. The average molecular weight is 169 g/mol. The van der Waals surface area contributed by atoms with Crippen molar-refractivity contribution in [3.05, 3.63) is 0 Å². The quantitative estimate of drug-likeness (QED) is 0.639. The predicted molar refractivity (Wildman–Crippen MR) is 45.7 cm³/mol. The molecular weight excluding hydrogens is 154 g/mol. The van der Waals surface area contributed by atoms with E-state index in [1.54, 1.807) is 0 Å². The van der Waals surface area contributed by atoms with Gasteiger partial charge in [0.1, 0.15) is 6.29 Å². The summed E-state index contributed by atoms with van der Waals surface area (Å²) in [4.78, 5) is 21.1. The van der Waals surface area contributed by atoms with E-state index in [-0.39, 0.29) is 5.91 Å². The zero-order chi connectivity index (χ0) is 8.81. The molecule has 0 aromatic heterocycles. The van der Waals surface area contributed by atoms with Crippen LogP contribution in [0.5, 0.6) is 0 Å². The number of rotatable bonds is 4. The average Bonchev–Trinajstić information content (AvgIpc) is 2.53. The lowest BCUT2D eigenvalue weighted by atomic mass is 10.2. The maximum Gasteiger partial charge on any atom is 0.220 e. The summed E-state index contributed by atoms with van der Waals surface area (Å²) in [6.45, 7) is 0. The summed E-state index contributed by atoms with van der Waals surface area (Å²) in [5.41, 5.74) is 0. The largest absolute Gasteiger partial charge is 0.353 e. The molecule has 0 bridgehead atoms. The minimum Gasteiger partial charge on any atom is -0.353 e. The van der Waals surface area contributed by atoms with Crippen molar-refractivity contribution in [3.63, 3.8) is 0 Å². The van der Waals surface area contributed by atoms with Gasteiger partial charge < -0.3 is 10.1 Å². The highest BCUT2D eigenvalue weighted by molar-refractivity contribution is 5.78. The zero-order valence-electron chi connectivity index (χ0n) is 7.21. The number of nitrogens with one attached hydrogen (secondary N) is 1. The third-order valence-electron chi connectivity index (χ3n) is 2.21. The SMILES string of the molecule is O=CCCC(=O)NC1CCCC1. The van der Waals surface area contributed by atoms with Crippen LogP contribution in [0.25, 0.3) is 0 Å². The molecule has 68 valence electrons. The summed E-state index contributed by atoms with van der Waals surface area (Å²) in [6, 6.07) is 0.379. The van der Waals surface area contributed by atoms with E-state index in [1.165, 1.54) is 12.8 Å². The Bertz CT molecular complexity index is 162. The lowest BCUT2D eigenvalue weighted by Crippen LogP contribution is -2.32. The molecular formula is C9H15NO2. The Morgan fingerprint density at radius 2 is 2.08 bits per heavy atom. The second-order valence-corrected chi connectivity index (χ2v) is 3.25. The van der Waals surface area contributed by atoms with Gasteiger partial charge in [-0.2, -0.15) is 0 Å². The van der Waals surface area contributed by atoms with Crippen LogP contribution in [0.1, 0.15) is 38.5 Å². The smallest absolute Gasteiger partial charge is 0.220 e. The van der Waals surface area contributed by atoms with Crippen molar-refractivity contribution in [1.29, 1.82) is 0 Å². The van der Waals surface area contributed by atoms with E-state index in [9.17, 15) is 9.59 Å². The molecule has 1 amide bonds. The summed E-state index contributed by atoms with van der Waals surface area (Å²) in [5.74, 6) is 0.0222. The van der Waals surface area contributed by atoms with Gasteiger partial charge in [-0.3, -0.25) is 4.79 Å². The van der Waals surface area contributed by atoms with E-state index in [0.29, 0.717) is 18.9 Å². The molecule has 0 aromatic rings. The third kappa shape index (κ3) is 3.03. The van der Waals surface area contributed by atoms with Gasteiger partial charge in [-0.25, -0.2) is 0 Å². The molecule has 0 unspecified atom stereocenters. The van der Waals surface area contributed by atoms with Crippen molar-refractivity contribution in [2.75, 3.05) is 0 Å². The van der Waals surface area contributed by atoms with Crippen LogP contribution < -0.4 is 5.32 Å². The number of hydrogen-bond acceptors (Lipinski definition) is 2. The highest BCUT2D eigenvalue weighted by atomic mass is 16.1. The second kappa shape index (κ2) is 4.91. The van der Waals surface area contributed by atoms with Gasteiger partial charge in [0.05, 0.1) is 0 Å². The Labute approximate surface area is 72.5 Å². The molecule has 0 aromatic carbocycles. The van der Waals surface area contributed by atoms with Crippen LogP contribution in [0.4, 0.5) is 0 Å². The molecule has 0 saturated heterocycles. The molecule has 1 rings (SSSR count). The monoisotopic (exact) mass is 169 g/mol. The summed E-state index contributed by atoms with van der Waals surface area (Å²) < 4.78 is 0. The van der Waals surface area contributed by atoms with E-state index in [1.807, 2.05) is 0 Å². The molecule has 12 heavy (non-hydrogen) atoms. The first kappa shape index (κ1) is 9.23. The van der Waals surface area contributed by atoms with Gasteiger partial charge in [0.15, 0.2) is 0 Å². The van der Waals surface area contributed by atoms with E-state index < -0.39 is 0 Å². The fourth-order valence-corrected chi connectivity index (χ4v) is 1.56. The standard InChI is InChI=1S/C9H15NO2/c11-7-3-6-9(12)10-8-4-1-2-5-8/h7-8H,1-6H2,(H,10,12). The van der Waals surface area contributed by atoms with Gasteiger partial charge in [0, 0.05) is 18.9 Å². The summed E-state index contributed by atoms with van der Waals surface area (Å²) in [5, 5.41) is 2.92. The predicted octanol–water partition coefficient (Wildman–Crippen LogP) is 1.02. The normalized spacial score (nSPS) is 17.7. The zero-order valence-corrected chi connectivity index (χ0v) is 7.21. The van der Waals surface area contributed by atoms with E-state index in [2.05, 4.69) is 5.32 Å². The fourth-order valence-electron chi connectivity index (χ4n) is 1.56. The van der Waals surface area contributed by atoms with Crippen molar-refractivity contribution < 1.29 is 9.59 Å². The number of hydrogen-bond donors (Lipinski definition) is 1. The summed E-state index contributed by atoms with van der Waals surface area (Å²) >= 11 is 0. The second-order valence-electron chi connectivity index (χ2n) is 3.25. The third-order valence-corrected chi connectivity index (χ3v) is 2.21. The molecule has 0 aliphatic heterocycles. The Morgan fingerprint density at radius 1 is 1.42 bits per heavy atom. The minimum atomic E-state index is 0.0222. The molecule has 1 fully saturated rings. The van der Waals surface area contributed by atoms with Crippen molar-refractivity contribution >= 4 is 12.2 Å². The fraction of sp³-hybridized carbons (Fsp3) is 0.778. The van der Waals surface area contributed by atoms with Crippen LogP contribution in [0.15, 0.2) is 0 Å². The maximum absolute atomic E-state index is 11.1. The van der Waals surface area contributed by atoms with Crippen LogP contribution in [-0.2, 0) is 9.59 Å². The van der Waals surface area contributed by atoms with Crippen LogP contribution >= 0.6 is 0 Å². The van der Waals surface area contributed by atoms with Crippen molar-refractivity contribution in [2.45, 2.75) is 44.6 Å². The van der Waals surface area contributed by atoms with Crippen molar-refractivity contribution in [3.8, 4) is 0 Å². The van der Waals surface area contributed by atoms with Crippen LogP contribution in [0.3, 0.4) is 0 Å². The van der Waals surface area contributed by atoms with E-state index in [0.717, 1.165) is 19.1 Å². The molecule has 1 aliphatic carbocycles. The molecule has 1 saturated carbocycles. The van der Waals surface area contributed by atoms with Gasteiger partial charge in [-0.1, -0.05) is 12.8 Å². The van der Waals surface area contributed by atoms with Crippen molar-refractivity contribution in [2.24, 2.45) is 0 Å². The molecule has 0 heterocycles. The molecule has 1 N–H and O–H groups in total. The van der Waals surface area contributed by atoms with E-state index in [4.69, 9.17) is 0 Å². The van der Waals surface area contributed by atoms with Gasteiger partial charge in [-0.05, 0) is 12.8 Å². The lowest BCUT2D eigenvalue weighted by Gasteiger charge is -2.10. The Kier molecular flexibility index (Phi) is 3.77. The van der Waals surface area contributed by atoms with Crippen molar-refractivity contribution in [1.82, 2.24) is 5.32 Å². The Balaban J connectivity index is 2.11. The number of carbonyl (C=O) groups is 2. The Hall–Kier alpha value is -0.860. The molecule has 1 aliphatic rings. The van der Waals surface area contributed by atoms with E-state index >= 15 is 0 Å². The molecule has 0 spiro atoms.